The Morgan fingerprint density at radius 1 is 0.970 bits per heavy atom. The fraction of sp³-hybridized carbons (Fsp3) is 0.538. The van der Waals surface area contributed by atoms with Gasteiger partial charge < -0.3 is 29.3 Å². The molecule has 0 radical (unpaired) electrons. The molecule has 33 heavy (non-hydrogen) atoms. The maximum atomic E-state index is 11.3. The lowest BCUT2D eigenvalue weighted by atomic mass is 9.90. The molecule has 0 aliphatic carbocycles. The number of hydrogen-bond donors (Lipinski definition) is 2. The minimum absolute atomic E-state index is 0.149. The molecule has 2 heterocycles. The van der Waals surface area contributed by atoms with Crippen molar-refractivity contribution in [3.05, 3.63) is 54.1 Å². The van der Waals surface area contributed by atoms with Crippen molar-refractivity contribution in [2.45, 2.75) is 31.0 Å². The molecule has 4 rings (SSSR count). The Balaban J connectivity index is 1.32. The lowest BCUT2D eigenvalue weighted by Crippen LogP contribution is -2.55. The number of benzene rings is 2. The molecule has 0 bridgehead atoms. The van der Waals surface area contributed by atoms with E-state index in [9.17, 15) is 10.2 Å². The molecule has 1 atom stereocenters. The van der Waals surface area contributed by atoms with Crippen LogP contribution in [0.15, 0.2) is 48.5 Å². The molecule has 0 amide bonds. The van der Waals surface area contributed by atoms with E-state index in [-0.39, 0.29) is 13.2 Å². The number of β-amino-alcohol motifs (C(OH)–C–C–N with tert-alkyl or cyclic N) is 2. The van der Waals surface area contributed by atoms with Gasteiger partial charge in [-0.1, -0.05) is 12.1 Å². The van der Waals surface area contributed by atoms with Gasteiger partial charge in [-0.05, 0) is 61.7 Å². The molecule has 2 aromatic carbocycles. The minimum Gasteiger partial charge on any atom is -0.497 e. The van der Waals surface area contributed by atoms with Crippen molar-refractivity contribution >= 4 is 5.69 Å². The van der Waals surface area contributed by atoms with Crippen LogP contribution in [0.5, 0.6) is 11.5 Å². The van der Waals surface area contributed by atoms with E-state index >= 15 is 0 Å². The predicted octanol–water partition coefficient (Wildman–Crippen LogP) is 2.48. The lowest BCUT2D eigenvalue weighted by Gasteiger charge is -2.42. The molecule has 2 aromatic rings. The first-order valence-electron chi connectivity index (χ1n) is 11.7. The summed E-state index contributed by atoms with van der Waals surface area (Å²) in [6.07, 6.45) is 1.35. The van der Waals surface area contributed by atoms with Crippen LogP contribution in [-0.2, 0) is 4.74 Å². The van der Waals surface area contributed by atoms with E-state index in [1.54, 1.807) is 7.11 Å². The summed E-state index contributed by atoms with van der Waals surface area (Å²) in [7, 11) is 1.67. The highest BCUT2D eigenvalue weighted by atomic mass is 16.5. The summed E-state index contributed by atoms with van der Waals surface area (Å²) < 4.78 is 16.8. The average Bonchev–Trinajstić information content (AvgIpc) is 2.99. The standard InChI is InChI=1S/C26H36N2O5/c1-21-4-3-5-24(16-21)33-20-26(30)18-27(14-15-32-19-26)17-25(29)10-12-28(13-11-25)22-6-8-23(31-2)9-7-22/h3-9,16,29-30H,10-15,17-20H2,1-2H3/t26-/m1/s1. The fourth-order valence-electron chi connectivity index (χ4n) is 4.69. The zero-order chi connectivity index (χ0) is 23.3. The van der Waals surface area contributed by atoms with Crippen LogP contribution < -0.4 is 14.4 Å². The summed E-state index contributed by atoms with van der Waals surface area (Å²) in [5, 5.41) is 22.5. The van der Waals surface area contributed by atoms with Crippen molar-refractivity contribution in [3.63, 3.8) is 0 Å². The van der Waals surface area contributed by atoms with Gasteiger partial charge in [-0.15, -0.1) is 0 Å². The van der Waals surface area contributed by atoms with Crippen LogP contribution in [-0.4, -0.2) is 86.0 Å². The van der Waals surface area contributed by atoms with Gasteiger partial charge >= 0.3 is 0 Å². The SMILES string of the molecule is COc1ccc(N2CCC(O)(CN3CCOC[C@@](O)(COc4cccc(C)c4)C3)CC2)cc1. The molecule has 180 valence electrons. The van der Waals surface area contributed by atoms with E-state index in [2.05, 4.69) is 21.9 Å². The van der Waals surface area contributed by atoms with Gasteiger partial charge in [0.1, 0.15) is 23.7 Å². The number of nitrogens with zero attached hydrogens (tertiary/aromatic N) is 2. The minimum atomic E-state index is -1.12. The van der Waals surface area contributed by atoms with E-state index in [4.69, 9.17) is 14.2 Å². The second-order valence-corrected chi connectivity index (χ2v) is 9.50. The van der Waals surface area contributed by atoms with E-state index in [0.29, 0.717) is 39.1 Å². The van der Waals surface area contributed by atoms with Gasteiger partial charge in [0, 0.05) is 38.4 Å². The molecule has 0 unspecified atom stereocenters. The number of ether oxygens (including phenoxy) is 3. The van der Waals surface area contributed by atoms with Crippen molar-refractivity contribution in [2.75, 3.05) is 64.6 Å². The maximum absolute atomic E-state index is 11.3. The summed E-state index contributed by atoms with van der Waals surface area (Å²) >= 11 is 0. The highest BCUT2D eigenvalue weighted by Crippen LogP contribution is 2.29. The number of aliphatic hydroxyl groups is 2. The van der Waals surface area contributed by atoms with Crippen LogP contribution in [0.4, 0.5) is 5.69 Å². The summed E-state index contributed by atoms with van der Waals surface area (Å²) in [6, 6.07) is 15.9. The van der Waals surface area contributed by atoms with Crippen LogP contribution >= 0.6 is 0 Å². The van der Waals surface area contributed by atoms with Crippen LogP contribution in [0.1, 0.15) is 18.4 Å². The Morgan fingerprint density at radius 2 is 1.73 bits per heavy atom. The normalized spacial score (nSPS) is 23.7. The van der Waals surface area contributed by atoms with Gasteiger partial charge in [0.2, 0.25) is 0 Å². The largest absolute Gasteiger partial charge is 0.497 e. The number of methoxy groups -OCH3 is 1. The highest BCUT2D eigenvalue weighted by molar-refractivity contribution is 5.49. The van der Waals surface area contributed by atoms with Crippen molar-refractivity contribution in [1.82, 2.24) is 4.90 Å². The topological polar surface area (TPSA) is 74.6 Å². The van der Waals surface area contributed by atoms with Crippen molar-refractivity contribution < 1.29 is 24.4 Å². The second kappa shape index (κ2) is 10.3. The van der Waals surface area contributed by atoms with Crippen LogP contribution in [0.2, 0.25) is 0 Å². The molecule has 0 aromatic heterocycles. The Labute approximate surface area is 196 Å². The second-order valence-electron chi connectivity index (χ2n) is 9.50. The zero-order valence-corrected chi connectivity index (χ0v) is 19.7. The van der Waals surface area contributed by atoms with Crippen LogP contribution in [0, 0.1) is 6.92 Å². The Bertz CT molecular complexity index is 898. The number of piperidine rings is 1. The Kier molecular flexibility index (Phi) is 7.44. The molecule has 2 aliphatic heterocycles. The Hall–Kier alpha value is -2.32. The first-order valence-corrected chi connectivity index (χ1v) is 11.7. The number of anilines is 1. The molecule has 2 aliphatic rings. The van der Waals surface area contributed by atoms with Crippen molar-refractivity contribution in [3.8, 4) is 11.5 Å². The number of aryl methyl sites for hydroxylation is 1. The van der Waals surface area contributed by atoms with E-state index in [0.717, 1.165) is 35.8 Å². The predicted molar refractivity (Wildman–Crippen MR) is 128 cm³/mol. The smallest absolute Gasteiger partial charge is 0.134 e. The molecular weight excluding hydrogens is 420 g/mol. The zero-order valence-electron chi connectivity index (χ0n) is 19.7. The fourth-order valence-corrected chi connectivity index (χ4v) is 4.69. The highest BCUT2D eigenvalue weighted by Gasteiger charge is 2.39. The van der Waals surface area contributed by atoms with Gasteiger partial charge in [0.05, 0.1) is 25.9 Å². The third kappa shape index (κ3) is 6.38. The maximum Gasteiger partial charge on any atom is 0.134 e. The summed E-state index contributed by atoms with van der Waals surface area (Å²) in [5.41, 5.74) is 0.344. The van der Waals surface area contributed by atoms with Crippen molar-refractivity contribution in [2.24, 2.45) is 0 Å². The van der Waals surface area contributed by atoms with E-state index in [1.165, 1.54) is 0 Å². The third-order valence-electron chi connectivity index (χ3n) is 6.59. The Morgan fingerprint density at radius 3 is 2.42 bits per heavy atom. The molecule has 2 N–H and O–H groups in total. The first kappa shape index (κ1) is 23.8. The lowest BCUT2D eigenvalue weighted by molar-refractivity contribution is -0.0742. The molecular formula is C26H36N2O5. The summed E-state index contributed by atoms with van der Waals surface area (Å²) in [4.78, 5) is 4.42. The summed E-state index contributed by atoms with van der Waals surface area (Å²) in [5.74, 6) is 1.58. The van der Waals surface area contributed by atoms with Gasteiger partial charge in [0.25, 0.3) is 0 Å². The molecule has 7 nitrogen and oxygen atoms in total. The summed E-state index contributed by atoms with van der Waals surface area (Å²) in [6.45, 7) is 6.08. The molecule has 2 fully saturated rings. The van der Waals surface area contributed by atoms with E-state index < -0.39 is 11.2 Å². The molecule has 0 spiro atoms. The molecule has 7 heteroatoms. The van der Waals surface area contributed by atoms with Gasteiger partial charge in [-0.2, -0.15) is 0 Å². The van der Waals surface area contributed by atoms with Gasteiger partial charge in [0.15, 0.2) is 0 Å². The van der Waals surface area contributed by atoms with Crippen LogP contribution in [0.3, 0.4) is 0 Å². The third-order valence-corrected chi connectivity index (χ3v) is 6.59. The van der Waals surface area contributed by atoms with Gasteiger partial charge in [-0.25, -0.2) is 0 Å². The molecule has 2 saturated heterocycles. The quantitative estimate of drug-likeness (QED) is 0.663. The average molecular weight is 457 g/mol. The monoisotopic (exact) mass is 456 g/mol. The number of rotatable bonds is 7. The van der Waals surface area contributed by atoms with E-state index in [1.807, 2.05) is 43.3 Å². The molecule has 0 saturated carbocycles. The number of hydrogen-bond acceptors (Lipinski definition) is 7. The van der Waals surface area contributed by atoms with Gasteiger partial charge in [-0.3, -0.25) is 4.90 Å². The first-order chi connectivity index (χ1) is 15.9. The van der Waals surface area contributed by atoms with Crippen molar-refractivity contribution in [1.29, 1.82) is 0 Å². The van der Waals surface area contributed by atoms with Crippen LogP contribution in [0.25, 0.3) is 0 Å².